The zero-order valence-electron chi connectivity index (χ0n) is 12.7. The Bertz CT molecular complexity index is 422. The number of piperazine rings is 1. The lowest BCUT2D eigenvalue weighted by Gasteiger charge is -2.34. The van der Waals surface area contributed by atoms with Gasteiger partial charge in [0, 0.05) is 31.1 Å². The van der Waals surface area contributed by atoms with Crippen LogP contribution in [0.4, 0.5) is 0 Å². The molecule has 2 heterocycles. The molecular weight excluding hydrogens is 268 g/mol. The maximum atomic E-state index is 12.3. The lowest BCUT2D eigenvalue weighted by molar-refractivity contribution is 0.0640. The molecule has 3 nitrogen and oxygen atoms in total. The fourth-order valence-electron chi connectivity index (χ4n) is 2.64. The van der Waals surface area contributed by atoms with Crippen molar-refractivity contribution in [3.8, 4) is 0 Å². The Morgan fingerprint density at radius 2 is 1.90 bits per heavy atom. The van der Waals surface area contributed by atoms with Crippen molar-refractivity contribution in [2.24, 2.45) is 0 Å². The fourth-order valence-corrected chi connectivity index (χ4v) is 3.48. The Morgan fingerprint density at radius 3 is 2.50 bits per heavy atom. The first-order valence-electron chi connectivity index (χ1n) is 7.78. The minimum Gasteiger partial charge on any atom is -0.335 e. The molecule has 20 heavy (non-hydrogen) atoms. The molecule has 0 aliphatic carbocycles. The van der Waals surface area contributed by atoms with Crippen LogP contribution >= 0.6 is 11.3 Å². The molecule has 4 heteroatoms. The van der Waals surface area contributed by atoms with Crippen molar-refractivity contribution in [2.45, 2.75) is 39.5 Å². The predicted molar refractivity (Wildman–Crippen MR) is 85.5 cm³/mol. The zero-order chi connectivity index (χ0) is 14.4. The second-order valence-electron chi connectivity index (χ2n) is 5.60. The molecule has 0 bridgehead atoms. The van der Waals surface area contributed by atoms with Gasteiger partial charge in [0.2, 0.25) is 0 Å². The monoisotopic (exact) mass is 294 g/mol. The highest BCUT2D eigenvalue weighted by molar-refractivity contribution is 7.13. The van der Waals surface area contributed by atoms with Gasteiger partial charge >= 0.3 is 0 Å². The van der Waals surface area contributed by atoms with Gasteiger partial charge < -0.3 is 4.90 Å². The molecule has 1 saturated heterocycles. The molecule has 1 aliphatic heterocycles. The number of amides is 1. The third kappa shape index (κ3) is 4.32. The lowest BCUT2D eigenvalue weighted by atomic mass is 10.2. The van der Waals surface area contributed by atoms with Crippen LogP contribution in [0.3, 0.4) is 0 Å². The van der Waals surface area contributed by atoms with Gasteiger partial charge in [-0.3, -0.25) is 9.69 Å². The van der Waals surface area contributed by atoms with E-state index in [4.69, 9.17) is 0 Å². The van der Waals surface area contributed by atoms with Crippen LogP contribution in [-0.2, 0) is 0 Å². The maximum absolute atomic E-state index is 12.3. The SMILES string of the molecule is CCCCCCN1CCN(C(=O)c2ccc(C)s2)CC1. The van der Waals surface area contributed by atoms with Gasteiger partial charge in [0.15, 0.2) is 0 Å². The van der Waals surface area contributed by atoms with E-state index in [1.165, 1.54) is 37.1 Å². The highest BCUT2D eigenvalue weighted by atomic mass is 32.1. The van der Waals surface area contributed by atoms with E-state index in [0.29, 0.717) is 0 Å². The molecule has 0 spiro atoms. The van der Waals surface area contributed by atoms with Crippen LogP contribution in [0.25, 0.3) is 0 Å². The molecule has 0 saturated carbocycles. The number of carbonyl (C=O) groups excluding carboxylic acids is 1. The molecule has 0 aromatic carbocycles. The lowest BCUT2D eigenvalue weighted by Crippen LogP contribution is -2.48. The van der Waals surface area contributed by atoms with Crippen molar-refractivity contribution in [1.82, 2.24) is 9.80 Å². The minimum absolute atomic E-state index is 0.216. The predicted octanol–water partition coefficient (Wildman–Crippen LogP) is 3.39. The van der Waals surface area contributed by atoms with Crippen molar-refractivity contribution in [3.05, 3.63) is 21.9 Å². The van der Waals surface area contributed by atoms with Crippen LogP contribution in [0.15, 0.2) is 12.1 Å². The summed E-state index contributed by atoms with van der Waals surface area (Å²) >= 11 is 1.60. The van der Waals surface area contributed by atoms with Crippen LogP contribution in [-0.4, -0.2) is 48.4 Å². The normalized spacial score (nSPS) is 16.6. The van der Waals surface area contributed by atoms with Crippen LogP contribution in [0.2, 0.25) is 0 Å². The Balaban J connectivity index is 1.72. The number of thiophene rings is 1. The first-order valence-corrected chi connectivity index (χ1v) is 8.60. The van der Waals surface area contributed by atoms with Gasteiger partial charge in [0.05, 0.1) is 4.88 Å². The molecule has 1 aliphatic rings. The third-order valence-electron chi connectivity index (χ3n) is 3.94. The minimum atomic E-state index is 0.216. The highest BCUT2D eigenvalue weighted by Gasteiger charge is 2.22. The molecule has 0 unspecified atom stereocenters. The van der Waals surface area contributed by atoms with Gasteiger partial charge in [-0.25, -0.2) is 0 Å². The summed E-state index contributed by atoms with van der Waals surface area (Å²) in [6.45, 7) is 9.31. The van der Waals surface area contributed by atoms with Crippen molar-refractivity contribution < 1.29 is 4.79 Å². The quantitative estimate of drug-likeness (QED) is 0.751. The van der Waals surface area contributed by atoms with Gasteiger partial charge in [-0.1, -0.05) is 26.2 Å². The second-order valence-corrected chi connectivity index (χ2v) is 6.89. The summed E-state index contributed by atoms with van der Waals surface area (Å²) in [5.74, 6) is 0.216. The standard InChI is InChI=1S/C16H26N2OS/c1-3-4-5-6-9-17-10-12-18(13-11-17)16(19)15-8-7-14(2)20-15/h7-8H,3-6,9-13H2,1-2H3. The van der Waals surface area contributed by atoms with Gasteiger partial charge in [-0.05, 0) is 32.0 Å². The molecule has 1 fully saturated rings. The Hall–Kier alpha value is -0.870. The van der Waals surface area contributed by atoms with Gasteiger partial charge in [-0.2, -0.15) is 0 Å². The Kier molecular flexibility index (Phi) is 6.05. The van der Waals surface area contributed by atoms with E-state index in [2.05, 4.69) is 18.7 Å². The molecule has 112 valence electrons. The average Bonchev–Trinajstić information content (AvgIpc) is 2.90. The molecule has 1 aromatic heterocycles. The van der Waals surface area contributed by atoms with E-state index in [1.807, 2.05) is 17.0 Å². The van der Waals surface area contributed by atoms with Crippen LogP contribution < -0.4 is 0 Å². The van der Waals surface area contributed by atoms with E-state index in [0.717, 1.165) is 31.1 Å². The van der Waals surface area contributed by atoms with Crippen molar-refractivity contribution in [1.29, 1.82) is 0 Å². The van der Waals surface area contributed by atoms with Gasteiger partial charge in [0.25, 0.3) is 5.91 Å². The van der Waals surface area contributed by atoms with E-state index in [1.54, 1.807) is 11.3 Å². The number of hydrogen-bond donors (Lipinski definition) is 0. The third-order valence-corrected chi connectivity index (χ3v) is 4.93. The largest absolute Gasteiger partial charge is 0.335 e. The first-order chi connectivity index (χ1) is 9.70. The van der Waals surface area contributed by atoms with Crippen LogP contribution in [0, 0.1) is 6.92 Å². The second kappa shape index (κ2) is 7.79. The molecule has 1 amide bonds. The summed E-state index contributed by atoms with van der Waals surface area (Å²) in [7, 11) is 0. The number of unbranched alkanes of at least 4 members (excludes halogenated alkanes) is 3. The number of aryl methyl sites for hydroxylation is 1. The van der Waals surface area contributed by atoms with E-state index < -0.39 is 0 Å². The van der Waals surface area contributed by atoms with Gasteiger partial charge in [-0.15, -0.1) is 11.3 Å². The Labute approximate surface area is 126 Å². The molecule has 0 N–H and O–H groups in total. The van der Waals surface area contributed by atoms with Crippen molar-refractivity contribution >= 4 is 17.2 Å². The van der Waals surface area contributed by atoms with Crippen molar-refractivity contribution in [3.63, 3.8) is 0 Å². The molecule has 0 radical (unpaired) electrons. The van der Waals surface area contributed by atoms with E-state index >= 15 is 0 Å². The number of hydrogen-bond acceptors (Lipinski definition) is 3. The van der Waals surface area contributed by atoms with E-state index in [-0.39, 0.29) is 5.91 Å². The molecular formula is C16H26N2OS. The summed E-state index contributed by atoms with van der Waals surface area (Å²) in [6, 6.07) is 3.99. The van der Waals surface area contributed by atoms with Crippen molar-refractivity contribution in [2.75, 3.05) is 32.7 Å². The topological polar surface area (TPSA) is 23.6 Å². The highest BCUT2D eigenvalue weighted by Crippen LogP contribution is 2.18. The van der Waals surface area contributed by atoms with E-state index in [9.17, 15) is 4.79 Å². The summed E-state index contributed by atoms with van der Waals surface area (Å²) in [6.07, 6.45) is 5.27. The summed E-state index contributed by atoms with van der Waals surface area (Å²) in [4.78, 5) is 18.9. The first kappa shape index (κ1) is 15.5. The van der Waals surface area contributed by atoms with Crippen LogP contribution in [0.5, 0.6) is 0 Å². The summed E-state index contributed by atoms with van der Waals surface area (Å²) in [5, 5.41) is 0. The smallest absolute Gasteiger partial charge is 0.264 e. The molecule has 0 atom stereocenters. The number of rotatable bonds is 6. The van der Waals surface area contributed by atoms with Crippen LogP contribution in [0.1, 0.15) is 47.2 Å². The maximum Gasteiger partial charge on any atom is 0.264 e. The number of nitrogens with zero attached hydrogens (tertiary/aromatic N) is 2. The Morgan fingerprint density at radius 1 is 1.15 bits per heavy atom. The number of carbonyl (C=O) groups is 1. The van der Waals surface area contributed by atoms with Gasteiger partial charge in [0.1, 0.15) is 0 Å². The average molecular weight is 294 g/mol. The fraction of sp³-hybridized carbons (Fsp3) is 0.688. The molecule has 2 rings (SSSR count). The zero-order valence-corrected chi connectivity index (χ0v) is 13.5. The summed E-state index contributed by atoms with van der Waals surface area (Å²) < 4.78 is 0. The molecule has 1 aromatic rings. The summed E-state index contributed by atoms with van der Waals surface area (Å²) in [5.41, 5.74) is 0.